The third-order valence-electron chi connectivity index (χ3n) is 3.83. The fourth-order valence-corrected chi connectivity index (χ4v) is 2.98. The van der Waals surface area contributed by atoms with Crippen molar-refractivity contribution in [3.8, 4) is 0 Å². The molecule has 0 amide bonds. The van der Waals surface area contributed by atoms with Crippen LogP contribution in [0.4, 0.5) is 0 Å². The standard InChI is InChI=1S/C16H24N2O2/c1-12(2)10-18(14-7-3-4-8-14)11-13-6-5-9-15(17-13)16(19)20/h5-6,9,12,14H,3-4,7-8,10-11H2,1-2H3,(H,19,20). The van der Waals surface area contributed by atoms with Gasteiger partial charge >= 0.3 is 5.97 Å². The Morgan fingerprint density at radius 1 is 1.40 bits per heavy atom. The van der Waals surface area contributed by atoms with Crippen molar-refractivity contribution >= 4 is 5.97 Å². The number of carbonyl (C=O) groups is 1. The number of hydrogen-bond acceptors (Lipinski definition) is 3. The van der Waals surface area contributed by atoms with Crippen LogP contribution >= 0.6 is 0 Å². The lowest BCUT2D eigenvalue weighted by Gasteiger charge is -2.30. The van der Waals surface area contributed by atoms with Crippen molar-refractivity contribution in [1.82, 2.24) is 9.88 Å². The minimum atomic E-state index is -0.955. The largest absolute Gasteiger partial charge is 0.477 e. The smallest absolute Gasteiger partial charge is 0.354 e. The normalized spacial score (nSPS) is 16.2. The number of rotatable bonds is 6. The van der Waals surface area contributed by atoms with Crippen molar-refractivity contribution in [2.45, 2.75) is 52.1 Å². The Morgan fingerprint density at radius 3 is 2.70 bits per heavy atom. The van der Waals surface area contributed by atoms with Crippen LogP contribution in [-0.4, -0.2) is 33.5 Å². The highest BCUT2D eigenvalue weighted by molar-refractivity contribution is 5.85. The maximum atomic E-state index is 11.0. The van der Waals surface area contributed by atoms with E-state index in [9.17, 15) is 4.79 Å². The van der Waals surface area contributed by atoms with Gasteiger partial charge in [0.1, 0.15) is 5.69 Å². The molecule has 4 nitrogen and oxygen atoms in total. The van der Waals surface area contributed by atoms with Crippen molar-refractivity contribution in [1.29, 1.82) is 0 Å². The van der Waals surface area contributed by atoms with Crippen LogP contribution in [0.15, 0.2) is 18.2 Å². The van der Waals surface area contributed by atoms with Gasteiger partial charge in [-0.05, 0) is 30.9 Å². The van der Waals surface area contributed by atoms with Gasteiger partial charge in [0.2, 0.25) is 0 Å². The minimum Gasteiger partial charge on any atom is -0.477 e. The molecule has 0 aromatic carbocycles. The van der Waals surface area contributed by atoms with E-state index in [1.807, 2.05) is 6.07 Å². The van der Waals surface area contributed by atoms with Crippen LogP contribution < -0.4 is 0 Å². The molecule has 1 aromatic rings. The van der Waals surface area contributed by atoms with E-state index >= 15 is 0 Å². The first-order chi connectivity index (χ1) is 9.56. The van der Waals surface area contributed by atoms with Gasteiger partial charge in [0.05, 0.1) is 5.69 Å². The second kappa shape index (κ2) is 6.84. The molecule has 1 saturated carbocycles. The first-order valence-electron chi connectivity index (χ1n) is 7.49. The summed E-state index contributed by atoms with van der Waals surface area (Å²) >= 11 is 0. The molecule has 0 spiro atoms. The number of aromatic nitrogens is 1. The van der Waals surface area contributed by atoms with Crippen LogP contribution in [0.3, 0.4) is 0 Å². The Morgan fingerprint density at radius 2 is 2.10 bits per heavy atom. The molecular weight excluding hydrogens is 252 g/mol. The lowest BCUT2D eigenvalue weighted by molar-refractivity contribution is 0.0689. The van der Waals surface area contributed by atoms with E-state index in [0.29, 0.717) is 12.0 Å². The monoisotopic (exact) mass is 276 g/mol. The van der Waals surface area contributed by atoms with E-state index in [-0.39, 0.29) is 5.69 Å². The molecule has 110 valence electrons. The zero-order valence-electron chi connectivity index (χ0n) is 12.4. The molecule has 1 N–H and O–H groups in total. The van der Waals surface area contributed by atoms with Crippen molar-refractivity contribution in [2.75, 3.05) is 6.54 Å². The second-order valence-corrected chi connectivity index (χ2v) is 6.08. The van der Waals surface area contributed by atoms with E-state index in [1.54, 1.807) is 12.1 Å². The zero-order chi connectivity index (χ0) is 14.5. The molecule has 0 atom stereocenters. The van der Waals surface area contributed by atoms with Gasteiger partial charge in [-0.15, -0.1) is 0 Å². The maximum absolute atomic E-state index is 11.0. The molecule has 1 heterocycles. The van der Waals surface area contributed by atoms with Crippen LogP contribution in [-0.2, 0) is 6.54 Å². The topological polar surface area (TPSA) is 53.4 Å². The Hall–Kier alpha value is -1.42. The summed E-state index contributed by atoms with van der Waals surface area (Å²) in [5.74, 6) is -0.346. The third-order valence-corrected chi connectivity index (χ3v) is 3.83. The molecule has 1 aliphatic carbocycles. The van der Waals surface area contributed by atoms with Gasteiger partial charge in [-0.3, -0.25) is 4.90 Å². The molecule has 0 radical (unpaired) electrons. The summed E-state index contributed by atoms with van der Waals surface area (Å²) in [7, 11) is 0. The van der Waals surface area contributed by atoms with Gasteiger partial charge in [-0.25, -0.2) is 9.78 Å². The summed E-state index contributed by atoms with van der Waals surface area (Å²) in [6.45, 7) is 6.25. The first-order valence-corrected chi connectivity index (χ1v) is 7.49. The molecule has 1 aromatic heterocycles. The fourth-order valence-electron chi connectivity index (χ4n) is 2.98. The number of pyridine rings is 1. The summed E-state index contributed by atoms with van der Waals surface area (Å²) in [4.78, 5) is 17.7. The highest BCUT2D eigenvalue weighted by atomic mass is 16.4. The maximum Gasteiger partial charge on any atom is 0.354 e. The van der Waals surface area contributed by atoms with Crippen LogP contribution in [0.2, 0.25) is 0 Å². The van der Waals surface area contributed by atoms with Crippen LogP contribution in [0.5, 0.6) is 0 Å². The molecule has 0 unspecified atom stereocenters. The highest BCUT2D eigenvalue weighted by Crippen LogP contribution is 2.25. The van der Waals surface area contributed by atoms with Crippen molar-refractivity contribution in [3.05, 3.63) is 29.6 Å². The van der Waals surface area contributed by atoms with Crippen LogP contribution in [0.1, 0.15) is 55.7 Å². The first kappa shape index (κ1) is 15.0. The average molecular weight is 276 g/mol. The number of nitrogens with zero attached hydrogens (tertiary/aromatic N) is 2. The Labute approximate surface area is 120 Å². The van der Waals surface area contributed by atoms with E-state index < -0.39 is 5.97 Å². The van der Waals surface area contributed by atoms with Crippen LogP contribution in [0.25, 0.3) is 0 Å². The second-order valence-electron chi connectivity index (χ2n) is 6.08. The molecule has 2 rings (SSSR count). The van der Waals surface area contributed by atoms with Gasteiger partial charge in [-0.2, -0.15) is 0 Å². The lowest BCUT2D eigenvalue weighted by atomic mass is 10.1. The number of carboxylic acids is 1. The van der Waals surface area contributed by atoms with Crippen molar-refractivity contribution in [2.24, 2.45) is 5.92 Å². The lowest BCUT2D eigenvalue weighted by Crippen LogP contribution is -2.36. The van der Waals surface area contributed by atoms with E-state index in [2.05, 4.69) is 23.7 Å². The third kappa shape index (κ3) is 4.04. The molecule has 0 bridgehead atoms. The van der Waals surface area contributed by atoms with Gasteiger partial charge in [-0.1, -0.05) is 32.8 Å². The molecule has 20 heavy (non-hydrogen) atoms. The fraction of sp³-hybridized carbons (Fsp3) is 0.625. The predicted molar refractivity (Wildman–Crippen MR) is 78.7 cm³/mol. The highest BCUT2D eigenvalue weighted by Gasteiger charge is 2.23. The Kier molecular flexibility index (Phi) is 5.12. The van der Waals surface area contributed by atoms with Gasteiger partial charge in [0, 0.05) is 19.1 Å². The zero-order valence-corrected chi connectivity index (χ0v) is 12.4. The predicted octanol–water partition coefficient (Wildman–Crippen LogP) is 3.18. The summed E-state index contributed by atoms with van der Waals surface area (Å²) in [5, 5.41) is 9.02. The quantitative estimate of drug-likeness (QED) is 0.867. The SMILES string of the molecule is CC(C)CN(Cc1cccc(C(=O)O)n1)C1CCCC1. The number of aromatic carboxylic acids is 1. The van der Waals surface area contributed by atoms with Crippen LogP contribution in [0, 0.1) is 5.92 Å². The summed E-state index contributed by atoms with van der Waals surface area (Å²) in [5.41, 5.74) is 0.996. The van der Waals surface area contributed by atoms with Crippen molar-refractivity contribution < 1.29 is 9.90 Å². The molecule has 1 aliphatic rings. The molecule has 0 saturated heterocycles. The van der Waals surface area contributed by atoms with Gasteiger partial charge in [0.25, 0.3) is 0 Å². The minimum absolute atomic E-state index is 0.137. The average Bonchev–Trinajstić information content (AvgIpc) is 2.91. The summed E-state index contributed by atoms with van der Waals surface area (Å²) in [6.07, 6.45) is 5.13. The molecule has 4 heteroatoms. The Balaban J connectivity index is 2.09. The molecule has 1 fully saturated rings. The number of hydrogen-bond donors (Lipinski definition) is 1. The number of carboxylic acid groups (broad SMARTS) is 1. The molecule has 0 aliphatic heterocycles. The van der Waals surface area contributed by atoms with Gasteiger partial charge < -0.3 is 5.11 Å². The molecular formula is C16H24N2O2. The summed E-state index contributed by atoms with van der Waals surface area (Å²) in [6, 6.07) is 5.89. The van der Waals surface area contributed by atoms with E-state index in [4.69, 9.17) is 5.11 Å². The van der Waals surface area contributed by atoms with E-state index in [1.165, 1.54) is 25.7 Å². The van der Waals surface area contributed by atoms with E-state index in [0.717, 1.165) is 18.8 Å². The Bertz CT molecular complexity index is 454. The van der Waals surface area contributed by atoms with Gasteiger partial charge in [0.15, 0.2) is 0 Å². The summed E-state index contributed by atoms with van der Waals surface area (Å²) < 4.78 is 0. The van der Waals surface area contributed by atoms with Crippen molar-refractivity contribution in [3.63, 3.8) is 0 Å².